The van der Waals surface area contributed by atoms with Crippen LogP contribution in [0.2, 0.25) is 0 Å². The molecule has 1 heterocycles. The summed E-state index contributed by atoms with van der Waals surface area (Å²) in [5.41, 5.74) is 2.96. The molecule has 0 saturated carbocycles. The van der Waals surface area contributed by atoms with Gasteiger partial charge in [0.15, 0.2) is 17.5 Å². The fourth-order valence-electron chi connectivity index (χ4n) is 5.31. The number of pyridine rings is 1. The first-order chi connectivity index (χ1) is 19.2. The topological polar surface area (TPSA) is 70.0 Å². The minimum absolute atomic E-state index is 0.140. The predicted molar refractivity (Wildman–Crippen MR) is 152 cm³/mol. The molecule has 0 spiro atoms. The Balaban J connectivity index is 1.88. The van der Waals surface area contributed by atoms with Gasteiger partial charge in [0, 0.05) is 53.4 Å². The van der Waals surface area contributed by atoms with E-state index in [2.05, 4.69) is 27.8 Å². The number of methoxy groups -OCH3 is 1. The number of aromatic nitrogens is 1. The molecule has 1 aromatic heterocycles. The second kappa shape index (κ2) is 12.7. The van der Waals surface area contributed by atoms with Gasteiger partial charge in [0.25, 0.3) is 0 Å². The van der Waals surface area contributed by atoms with Gasteiger partial charge < -0.3 is 15.5 Å². The Morgan fingerprint density at radius 3 is 2.42 bits per heavy atom. The summed E-state index contributed by atoms with van der Waals surface area (Å²) in [5, 5.41) is 11.5. The van der Waals surface area contributed by atoms with E-state index in [-0.39, 0.29) is 23.7 Å². The number of rotatable bonds is 11. The van der Waals surface area contributed by atoms with Crippen molar-refractivity contribution in [3.8, 4) is 5.75 Å². The normalized spacial score (nSPS) is 17.8. The summed E-state index contributed by atoms with van der Waals surface area (Å²) in [5.74, 6) is -4.15. The molecule has 0 aliphatic heterocycles. The maximum absolute atomic E-state index is 14.4. The van der Waals surface area contributed by atoms with Crippen LogP contribution < -0.4 is 14.8 Å². The van der Waals surface area contributed by atoms with Crippen LogP contribution in [0.25, 0.3) is 0 Å². The van der Waals surface area contributed by atoms with Gasteiger partial charge in [-0.3, -0.25) is 9.71 Å². The van der Waals surface area contributed by atoms with Crippen molar-refractivity contribution >= 4 is 24.7 Å². The van der Waals surface area contributed by atoms with E-state index in [9.17, 15) is 17.6 Å². The van der Waals surface area contributed by atoms with Crippen molar-refractivity contribution in [1.82, 2.24) is 9.71 Å². The molecule has 1 aliphatic rings. The summed E-state index contributed by atoms with van der Waals surface area (Å²) in [4.78, 5) is 4.59. The molecule has 2 unspecified atom stereocenters. The Bertz CT molecular complexity index is 1420. The minimum atomic E-state index is -1.52. The van der Waals surface area contributed by atoms with E-state index >= 15 is 0 Å². The zero-order valence-electron chi connectivity index (χ0n) is 22.1. The van der Waals surface area contributed by atoms with E-state index in [1.54, 1.807) is 31.5 Å². The summed E-state index contributed by atoms with van der Waals surface area (Å²) in [6.45, 7) is 2.45. The molecule has 0 bridgehead atoms. The third-order valence-electron chi connectivity index (χ3n) is 7.44. The molecule has 0 fully saturated rings. The summed E-state index contributed by atoms with van der Waals surface area (Å²) in [7, 11) is 1.55. The minimum Gasteiger partial charge on any atom is -0.497 e. The lowest BCUT2D eigenvalue weighted by Gasteiger charge is -2.45. The van der Waals surface area contributed by atoms with Gasteiger partial charge in [-0.25, -0.2) is 17.6 Å². The molecule has 210 valence electrons. The Morgan fingerprint density at radius 2 is 1.80 bits per heavy atom. The highest BCUT2D eigenvalue weighted by atomic mass is 32.1. The molecule has 40 heavy (non-hydrogen) atoms. The first-order valence-electron chi connectivity index (χ1n) is 12.7. The van der Waals surface area contributed by atoms with Crippen LogP contribution in [0.5, 0.6) is 5.75 Å². The number of halogens is 4. The maximum atomic E-state index is 14.4. The van der Waals surface area contributed by atoms with Crippen LogP contribution in [0.3, 0.4) is 0 Å². The van der Waals surface area contributed by atoms with Gasteiger partial charge in [0.1, 0.15) is 11.6 Å². The summed E-state index contributed by atoms with van der Waals surface area (Å²) in [6, 6.07) is 11.4. The van der Waals surface area contributed by atoms with Gasteiger partial charge in [-0.1, -0.05) is 25.3 Å². The molecule has 0 saturated heterocycles. The van der Waals surface area contributed by atoms with Crippen LogP contribution in [0, 0.1) is 34.1 Å². The molecule has 5 nitrogen and oxygen atoms in total. The van der Waals surface area contributed by atoms with E-state index in [1.807, 2.05) is 19.1 Å². The fraction of sp³-hybridized carbons (Fsp3) is 0.267. The van der Waals surface area contributed by atoms with Crippen molar-refractivity contribution in [3.63, 3.8) is 0 Å². The van der Waals surface area contributed by atoms with E-state index in [4.69, 9.17) is 10.1 Å². The number of nitrogens with zero attached hydrogens (tertiary/aromatic N) is 1. The molecule has 4 rings (SSSR count). The van der Waals surface area contributed by atoms with Gasteiger partial charge >= 0.3 is 0 Å². The van der Waals surface area contributed by atoms with Crippen LogP contribution in [0.4, 0.5) is 23.2 Å². The quantitative estimate of drug-likeness (QED) is 0.0856. The fourth-order valence-corrected chi connectivity index (χ4v) is 5.43. The van der Waals surface area contributed by atoms with Crippen LogP contribution in [-0.4, -0.2) is 24.9 Å². The molecule has 2 aromatic carbocycles. The van der Waals surface area contributed by atoms with Gasteiger partial charge in [-0.15, -0.1) is 0 Å². The SMILES string of the molecule is COc1ccnc(C(C)C2(Cc3cc(F)c(F)c(F)c3)CC(C=N)=C(Nc3ccc(F)cc3)C=C2CCNS)c1. The van der Waals surface area contributed by atoms with Crippen molar-refractivity contribution < 1.29 is 22.3 Å². The highest BCUT2D eigenvalue weighted by molar-refractivity contribution is 7.78. The highest BCUT2D eigenvalue weighted by Gasteiger charge is 2.44. The molecule has 0 radical (unpaired) electrons. The second-order valence-electron chi connectivity index (χ2n) is 9.77. The van der Waals surface area contributed by atoms with Crippen molar-refractivity contribution in [3.05, 3.63) is 112 Å². The van der Waals surface area contributed by atoms with Gasteiger partial charge in [0.05, 0.1) is 7.11 Å². The first kappa shape index (κ1) is 29.4. The van der Waals surface area contributed by atoms with Crippen LogP contribution >= 0.6 is 12.8 Å². The first-order valence-corrected chi connectivity index (χ1v) is 13.1. The average Bonchev–Trinajstić information content (AvgIpc) is 2.96. The van der Waals surface area contributed by atoms with Gasteiger partial charge in [-0.05, 0) is 78.9 Å². The summed E-state index contributed by atoms with van der Waals surface area (Å²) >= 11 is 4.16. The van der Waals surface area contributed by atoms with Gasteiger partial charge in [0.2, 0.25) is 0 Å². The molecule has 1 aliphatic carbocycles. The Labute approximate surface area is 236 Å². The third kappa shape index (κ3) is 6.23. The van der Waals surface area contributed by atoms with E-state index in [0.29, 0.717) is 47.8 Å². The average molecular weight is 571 g/mol. The van der Waals surface area contributed by atoms with Crippen molar-refractivity contribution in [2.75, 3.05) is 19.0 Å². The van der Waals surface area contributed by atoms with Gasteiger partial charge in [-0.2, -0.15) is 0 Å². The lowest BCUT2D eigenvalue weighted by Crippen LogP contribution is -2.37. The number of hydrogen-bond acceptors (Lipinski definition) is 6. The number of allylic oxidation sites excluding steroid dienone is 2. The molecule has 0 amide bonds. The largest absolute Gasteiger partial charge is 0.497 e. The maximum Gasteiger partial charge on any atom is 0.194 e. The number of benzene rings is 2. The standard InChI is InChI=1S/C30H30F4N4OS/c1-18(27-14-24(39-2)8-9-36-27)30(15-19-11-25(32)29(34)26(33)12-19)16-20(17-35)28(13-21(30)7-10-37-40)38-23-5-3-22(31)4-6-23/h3-6,8-9,11-14,17-18,35,37-38,40H,7,10,15-16H2,1-2H3. The highest BCUT2D eigenvalue weighted by Crippen LogP contribution is 2.53. The lowest BCUT2D eigenvalue weighted by atomic mass is 9.59. The Hall–Kier alpha value is -3.63. The number of ether oxygens (including phenoxy) is 1. The van der Waals surface area contributed by atoms with E-state index in [0.717, 1.165) is 17.7 Å². The monoisotopic (exact) mass is 570 g/mol. The number of thiol groups is 1. The third-order valence-corrected chi connectivity index (χ3v) is 7.66. The Morgan fingerprint density at radius 1 is 1.10 bits per heavy atom. The summed E-state index contributed by atoms with van der Waals surface area (Å²) < 4.78 is 64.4. The Kier molecular flexibility index (Phi) is 9.32. The molecule has 3 N–H and O–H groups in total. The zero-order valence-corrected chi connectivity index (χ0v) is 23.0. The molecule has 10 heteroatoms. The number of nitrogens with one attached hydrogen (secondary N) is 3. The summed E-state index contributed by atoms with van der Waals surface area (Å²) in [6.07, 6.45) is 5.74. The number of anilines is 1. The van der Waals surface area contributed by atoms with E-state index < -0.39 is 22.9 Å². The van der Waals surface area contributed by atoms with Crippen LogP contribution in [0.1, 0.15) is 36.9 Å². The molecule has 2 atom stereocenters. The van der Waals surface area contributed by atoms with Crippen LogP contribution in [0.15, 0.2) is 77.6 Å². The smallest absolute Gasteiger partial charge is 0.194 e. The number of hydrogen-bond donors (Lipinski definition) is 4. The van der Waals surface area contributed by atoms with Crippen molar-refractivity contribution in [2.24, 2.45) is 5.41 Å². The zero-order chi connectivity index (χ0) is 28.9. The predicted octanol–water partition coefficient (Wildman–Crippen LogP) is 7.15. The lowest BCUT2D eigenvalue weighted by molar-refractivity contribution is 0.271. The second-order valence-corrected chi connectivity index (χ2v) is 10.1. The van der Waals surface area contributed by atoms with Crippen LogP contribution in [-0.2, 0) is 6.42 Å². The van der Waals surface area contributed by atoms with Crippen molar-refractivity contribution in [2.45, 2.75) is 32.1 Å². The molecular formula is C30H30F4N4OS. The van der Waals surface area contributed by atoms with E-state index in [1.165, 1.54) is 18.3 Å². The van der Waals surface area contributed by atoms with Crippen molar-refractivity contribution in [1.29, 1.82) is 5.41 Å². The molecular weight excluding hydrogens is 540 g/mol. The molecule has 3 aromatic rings.